The Morgan fingerprint density at radius 1 is 1.42 bits per heavy atom. The smallest absolute Gasteiger partial charge is 0.330 e. The molecule has 0 saturated heterocycles. The summed E-state index contributed by atoms with van der Waals surface area (Å²) in [5.41, 5.74) is 1.24. The van der Waals surface area contributed by atoms with Crippen molar-refractivity contribution in [1.82, 2.24) is 0 Å². The van der Waals surface area contributed by atoms with Crippen molar-refractivity contribution in [1.29, 1.82) is 0 Å². The average molecular weight is 172 g/mol. The Kier molecular flexibility index (Phi) is 9.01. The lowest BCUT2D eigenvalue weighted by atomic mass is 10.4. The molecular formula is C9H16O3. The SMILES string of the molecule is C=C(C)C(=O)O.C=C(C)COC. The monoisotopic (exact) mass is 172 g/mol. The molecule has 0 aliphatic rings. The Labute approximate surface area is 73.4 Å². The summed E-state index contributed by atoms with van der Waals surface area (Å²) in [4.78, 5) is 9.60. The van der Waals surface area contributed by atoms with E-state index in [4.69, 9.17) is 9.84 Å². The van der Waals surface area contributed by atoms with Crippen molar-refractivity contribution in [2.75, 3.05) is 13.7 Å². The van der Waals surface area contributed by atoms with Crippen LogP contribution < -0.4 is 0 Å². The molecule has 0 atom stereocenters. The van der Waals surface area contributed by atoms with E-state index < -0.39 is 5.97 Å². The van der Waals surface area contributed by atoms with Crippen molar-refractivity contribution in [2.24, 2.45) is 0 Å². The van der Waals surface area contributed by atoms with E-state index in [1.165, 1.54) is 6.92 Å². The van der Waals surface area contributed by atoms with Gasteiger partial charge in [0.15, 0.2) is 0 Å². The lowest BCUT2D eigenvalue weighted by molar-refractivity contribution is -0.132. The first-order valence-electron chi connectivity index (χ1n) is 3.44. The quantitative estimate of drug-likeness (QED) is 0.522. The van der Waals surface area contributed by atoms with Gasteiger partial charge in [-0.2, -0.15) is 0 Å². The molecule has 0 aromatic heterocycles. The van der Waals surface area contributed by atoms with Crippen LogP contribution in [0.3, 0.4) is 0 Å². The first-order chi connectivity index (χ1) is 5.41. The predicted molar refractivity (Wildman–Crippen MR) is 49.1 cm³/mol. The number of hydrogen-bond donors (Lipinski definition) is 1. The lowest BCUT2D eigenvalue weighted by Crippen LogP contribution is -1.92. The Morgan fingerprint density at radius 2 is 1.75 bits per heavy atom. The van der Waals surface area contributed by atoms with Crippen LogP contribution in [0.4, 0.5) is 0 Å². The van der Waals surface area contributed by atoms with Crippen molar-refractivity contribution in [2.45, 2.75) is 13.8 Å². The van der Waals surface area contributed by atoms with Crippen molar-refractivity contribution in [3.63, 3.8) is 0 Å². The van der Waals surface area contributed by atoms with Crippen LogP contribution in [0.5, 0.6) is 0 Å². The highest BCUT2D eigenvalue weighted by molar-refractivity contribution is 5.84. The molecule has 0 aliphatic carbocycles. The molecular weight excluding hydrogens is 156 g/mol. The molecule has 70 valence electrons. The zero-order valence-electron chi connectivity index (χ0n) is 7.89. The van der Waals surface area contributed by atoms with Crippen LogP contribution in [0.1, 0.15) is 13.8 Å². The van der Waals surface area contributed by atoms with Gasteiger partial charge in [0.2, 0.25) is 0 Å². The normalized spacial score (nSPS) is 7.92. The van der Waals surface area contributed by atoms with Crippen LogP contribution in [0.25, 0.3) is 0 Å². The highest BCUT2D eigenvalue weighted by Gasteiger charge is 1.90. The van der Waals surface area contributed by atoms with E-state index >= 15 is 0 Å². The van der Waals surface area contributed by atoms with E-state index in [0.717, 1.165) is 5.57 Å². The van der Waals surface area contributed by atoms with Gasteiger partial charge >= 0.3 is 5.97 Å². The van der Waals surface area contributed by atoms with Gasteiger partial charge in [-0.15, -0.1) is 0 Å². The largest absolute Gasteiger partial charge is 0.478 e. The van der Waals surface area contributed by atoms with Crippen LogP contribution in [-0.4, -0.2) is 24.8 Å². The molecule has 0 aromatic carbocycles. The van der Waals surface area contributed by atoms with Gasteiger partial charge in [0.05, 0.1) is 6.61 Å². The Balaban J connectivity index is 0. The van der Waals surface area contributed by atoms with Crippen LogP contribution in [-0.2, 0) is 9.53 Å². The summed E-state index contributed by atoms with van der Waals surface area (Å²) in [6.45, 7) is 10.8. The van der Waals surface area contributed by atoms with Gasteiger partial charge in [-0.1, -0.05) is 18.7 Å². The Hall–Kier alpha value is -1.09. The van der Waals surface area contributed by atoms with E-state index in [9.17, 15) is 4.79 Å². The maximum Gasteiger partial charge on any atom is 0.330 e. The molecule has 0 rings (SSSR count). The maximum absolute atomic E-state index is 9.60. The lowest BCUT2D eigenvalue weighted by Gasteiger charge is -1.90. The summed E-state index contributed by atoms with van der Waals surface area (Å²) >= 11 is 0. The number of carboxylic acid groups (broad SMARTS) is 1. The molecule has 0 aromatic rings. The van der Waals surface area contributed by atoms with Crippen LogP contribution in [0.2, 0.25) is 0 Å². The average Bonchev–Trinajstić information content (AvgIpc) is 1.87. The topological polar surface area (TPSA) is 46.5 Å². The van der Waals surface area contributed by atoms with Gasteiger partial charge in [-0.3, -0.25) is 0 Å². The van der Waals surface area contributed by atoms with Gasteiger partial charge in [-0.05, 0) is 13.8 Å². The molecule has 3 heteroatoms. The molecule has 0 amide bonds. The zero-order valence-corrected chi connectivity index (χ0v) is 7.89. The summed E-state index contributed by atoms with van der Waals surface area (Å²) in [7, 11) is 1.66. The summed E-state index contributed by atoms with van der Waals surface area (Å²) in [6.07, 6.45) is 0. The fraction of sp³-hybridized carbons (Fsp3) is 0.444. The predicted octanol–water partition coefficient (Wildman–Crippen LogP) is 1.86. The van der Waals surface area contributed by atoms with Crippen LogP contribution in [0.15, 0.2) is 24.3 Å². The summed E-state index contributed by atoms with van der Waals surface area (Å²) in [6, 6.07) is 0. The number of ether oxygens (including phenoxy) is 1. The van der Waals surface area contributed by atoms with Gasteiger partial charge in [-0.25, -0.2) is 4.79 Å². The number of rotatable bonds is 3. The summed E-state index contributed by atoms with van der Waals surface area (Å²) in [5, 5.41) is 7.89. The molecule has 0 aliphatic heterocycles. The minimum Gasteiger partial charge on any atom is -0.478 e. The second-order valence-electron chi connectivity index (χ2n) is 2.48. The number of hydrogen-bond acceptors (Lipinski definition) is 2. The first-order valence-corrected chi connectivity index (χ1v) is 3.44. The number of aliphatic carboxylic acids is 1. The molecule has 0 radical (unpaired) electrons. The molecule has 1 N–H and O–H groups in total. The van der Waals surface area contributed by atoms with Crippen LogP contribution in [0, 0.1) is 0 Å². The fourth-order valence-electron chi connectivity index (χ4n) is 0.246. The molecule has 0 bridgehead atoms. The number of carboxylic acids is 1. The minimum absolute atomic E-state index is 0.176. The van der Waals surface area contributed by atoms with Crippen molar-refractivity contribution < 1.29 is 14.6 Å². The fourth-order valence-corrected chi connectivity index (χ4v) is 0.246. The molecule has 0 fully saturated rings. The second kappa shape index (κ2) is 8.01. The van der Waals surface area contributed by atoms with Gasteiger partial charge in [0.1, 0.15) is 0 Å². The third kappa shape index (κ3) is 16.0. The highest BCUT2D eigenvalue weighted by atomic mass is 16.5. The van der Waals surface area contributed by atoms with E-state index in [2.05, 4.69) is 13.2 Å². The highest BCUT2D eigenvalue weighted by Crippen LogP contribution is 1.82. The number of carbonyl (C=O) groups is 1. The van der Waals surface area contributed by atoms with E-state index in [1.807, 2.05) is 6.92 Å². The van der Waals surface area contributed by atoms with Gasteiger partial charge in [0.25, 0.3) is 0 Å². The van der Waals surface area contributed by atoms with Gasteiger partial charge < -0.3 is 9.84 Å². The van der Waals surface area contributed by atoms with Crippen LogP contribution >= 0.6 is 0 Å². The third-order valence-corrected chi connectivity index (χ3v) is 0.756. The molecule has 3 nitrogen and oxygen atoms in total. The molecule has 0 heterocycles. The standard InChI is InChI=1S/C5H10O.C4H6O2/c1-5(2)4-6-3;1-3(2)4(5)6/h1,4H2,2-3H3;1H2,2H3,(H,5,6). The Bertz CT molecular complexity index is 159. The molecule has 0 spiro atoms. The van der Waals surface area contributed by atoms with E-state index in [1.54, 1.807) is 7.11 Å². The number of methoxy groups -OCH3 is 1. The van der Waals surface area contributed by atoms with E-state index in [0.29, 0.717) is 6.61 Å². The summed E-state index contributed by atoms with van der Waals surface area (Å²) in [5.74, 6) is -0.935. The first kappa shape index (κ1) is 13.5. The summed E-state index contributed by atoms with van der Waals surface area (Å²) < 4.78 is 4.70. The van der Waals surface area contributed by atoms with Gasteiger partial charge in [0, 0.05) is 12.7 Å². The molecule has 0 saturated carbocycles. The van der Waals surface area contributed by atoms with Crippen molar-refractivity contribution in [3.8, 4) is 0 Å². The Morgan fingerprint density at radius 3 is 1.75 bits per heavy atom. The van der Waals surface area contributed by atoms with Crippen molar-refractivity contribution >= 4 is 5.97 Å². The van der Waals surface area contributed by atoms with Crippen molar-refractivity contribution in [3.05, 3.63) is 24.3 Å². The minimum atomic E-state index is -0.935. The zero-order chi connectivity index (χ0) is 10.1. The second-order valence-corrected chi connectivity index (χ2v) is 2.48. The maximum atomic E-state index is 9.60. The third-order valence-electron chi connectivity index (χ3n) is 0.756. The van der Waals surface area contributed by atoms with E-state index in [-0.39, 0.29) is 5.57 Å². The molecule has 0 unspecified atom stereocenters. The molecule has 12 heavy (non-hydrogen) atoms.